The second-order valence-corrected chi connectivity index (χ2v) is 7.49. The second-order valence-electron chi connectivity index (χ2n) is 7.49. The highest BCUT2D eigenvalue weighted by molar-refractivity contribution is 5.78. The van der Waals surface area contributed by atoms with E-state index in [9.17, 15) is 13.2 Å². The summed E-state index contributed by atoms with van der Waals surface area (Å²) in [5.41, 5.74) is 0.617. The Bertz CT molecular complexity index is 977. The van der Waals surface area contributed by atoms with Crippen LogP contribution in [0.4, 0.5) is 13.2 Å². The van der Waals surface area contributed by atoms with Crippen LogP contribution < -0.4 is 0 Å². The van der Waals surface area contributed by atoms with Gasteiger partial charge in [-0.3, -0.25) is 9.47 Å². The Labute approximate surface area is 167 Å². The van der Waals surface area contributed by atoms with Crippen LogP contribution in [0.25, 0.3) is 16.7 Å². The molecule has 0 N–H and O–H groups in total. The summed E-state index contributed by atoms with van der Waals surface area (Å²) in [4.78, 5) is 10.4. The molecular formula is C21H23F3N4O. The van der Waals surface area contributed by atoms with Gasteiger partial charge in [-0.2, -0.15) is 13.2 Å². The lowest BCUT2D eigenvalue weighted by molar-refractivity contribution is -0.141. The van der Waals surface area contributed by atoms with Crippen molar-refractivity contribution in [1.82, 2.24) is 19.4 Å². The molecule has 5 nitrogen and oxygen atoms in total. The first-order valence-corrected chi connectivity index (χ1v) is 9.65. The monoisotopic (exact) mass is 404 g/mol. The molecule has 0 aliphatic carbocycles. The van der Waals surface area contributed by atoms with Gasteiger partial charge in [0.05, 0.1) is 5.69 Å². The molecule has 0 spiro atoms. The molecule has 0 bridgehead atoms. The minimum Gasteiger partial charge on any atom is -0.384 e. The van der Waals surface area contributed by atoms with E-state index in [0.717, 1.165) is 56.2 Å². The molecule has 0 aromatic carbocycles. The van der Waals surface area contributed by atoms with Gasteiger partial charge in [-0.15, -0.1) is 0 Å². The summed E-state index contributed by atoms with van der Waals surface area (Å²) in [6, 6.07) is 6.71. The van der Waals surface area contributed by atoms with E-state index in [2.05, 4.69) is 14.9 Å². The van der Waals surface area contributed by atoms with Gasteiger partial charge in [-0.1, -0.05) is 0 Å². The Hall–Kier alpha value is -2.45. The van der Waals surface area contributed by atoms with Gasteiger partial charge in [-0.05, 0) is 61.7 Å². The number of methoxy groups -OCH3 is 1. The largest absolute Gasteiger partial charge is 0.435 e. The van der Waals surface area contributed by atoms with Gasteiger partial charge < -0.3 is 4.74 Å². The van der Waals surface area contributed by atoms with E-state index in [-0.39, 0.29) is 5.69 Å². The molecule has 3 aromatic rings. The summed E-state index contributed by atoms with van der Waals surface area (Å²) in [7, 11) is 1.74. The lowest BCUT2D eigenvalue weighted by atomic mass is 9.97. The lowest BCUT2D eigenvalue weighted by Crippen LogP contribution is -2.34. The van der Waals surface area contributed by atoms with Crippen LogP contribution in [0, 0.1) is 5.92 Å². The summed E-state index contributed by atoms with van der Waals surface area (Å²) in [6.07, 6.45) is 2.22. The maximum absolute atomic E-state index is 13.3. The van der Waals surface area contributed by atoms with Crippen LogP contribution in [0.2, 0.25) is 0 Å². The van der Waals surface area contributed by atoms with Crippen molar-refractivity contribution >= 4 is 11.0 Å². The fraction of sp³-hybridized carbons (Fsp3) is 0.429. The lowest BCUT2D eigenvalue weighted by Gasteiger charge is -2.31. The normalized spacial score (nSPS) is 16.6. The van der Waals surface area contributed by atoms with Gasteiger partial charge in [0.1, 0.15) is 5.65 Å². The predicted molar refractivity (Wildman–Crippen MR) is 104 cm³/mol. The summed E-state index contributed by atoms with van der Waals surface area (Å²) in [5.74, 6) is 0.619. The SMILES string of the molecule is COCC1CCN(Cc2cnc3c(ccn3-c3cccnc3C(F)(F)F)c2)CC1. The molecule has 0 atom stereocenters. The van der Waals surface area contributed by atoms with Crippen molar-refractivity contribution in [2.45, 2.75) is 25.6 Å². The second kappa shape index (κ2) is 8.12. The predicted octanol–water partition coefficient (Wildman–Crippen LogP) is 4.30. The van der Waals surface area contributed by atoms with Gasteiger partial charge in [0.2, 0.25) is 0 Å². The number of rotatable bonds is 5. The molecule has 3 aromatic heterocycles. The van der Waals surface area contributed by atoms with Crippen LogP contribution in [0.1, 0.15) is 24.1 Å². The summed E-state index contributed by atoms with van der Waals surface area (Å²) in [6.45, 7) is 3.62. The van der Waals surface area contributed by atoms with Gasteiger partial charge in [-0.25, -0.2) is 9.97 Å². The van der Waals surface area contributed by atoms with Gasteiger partial charge >= 0.3 is 6.18 Å². The van der Waals surface area contributed by atoms with Crippen molar-refractivity contribution in [1.29, 1.82) is 0 Å². The van der Waals surface area contributed by atoms with E-state index in [1.165, 1.54) is 16.7 Å². The number of alkyl halides is 3. The Morgan fingerprint density at radius 1 is 1.17 bits per heavy atom. The van der Waals surface area contributed by atoms with Crippen LogP contribution in [0.5, 0.6) is 0 Å². The highest BCUT2D eigenvalue weighted by atomic mass is 19.4. The van der Waals surface area contributed by atoms with E-state index in [1.807, 2.05) is 6.07 Å². The van der Waals surface area contributed by atoms with E-state index in [0.29, 0.717) is 11.6 Å². The maximum atomic E-state index is 13.3. The Balaban J connectivity index is 1.55. The van der Waals surface area contributed by atoms with E-state index in [1.54, 1.807) is 25.6 Å². The number of pyridine rings is 2. The zero-order valence-electron chi connectivity index (χ0n) is 16.2. The first kappa shape index (κ1) is 19.8. The molecule has 1 fully saturated rings. The van der Waals surface area contributed by atoms with Crippen LogP contribution >= 0.6 is 0 Å². The topological polar surface area (TPSA) is 43.2 Å². The molecule has 0 amide bonds. The van der Waals surface area contributed by atoms with Gasteiger partial charge in [0, 0.05) is 44.2 Å². The Morgan fingerprint density at radius 2 is 1.97 bits per heavy atom. The number of hydrogen-bond acceptors (Lipinski definition) is 4. The van der Waals surface area contributed by atoms with Crippen LogP contribution in [0.15, 0.2) is 42.9 Å². The molecular weight excluding hydrogens is 381 g/mol. The third-order valence-electron chi connectivity index (χ3n) is 5.41. The number of halogens is 3. The maximum Gasteiger partial charge on any atom is 0.435 e. The van der Waals surface area contributed by atoms with Crippen molar-refractivity contribution in [3.63, 3.8) is 0 Å². The van der Waals surface area contributed by atoms with Gasteiger partial charge in [0.15, 0.2) is 5.69 Å². The third-order valence-corrected chi connectivity index (χ3v) is 5.41. The first-order valence-electron chi connectivity index (χ1n) is 9.65. The number of ether oxygens (including phenoxy) is 1. The van der Waals surface area contributed by atoms with Crippen LogP contribution in [0.3, 0.4) is 0 Å². The highest BCUT2D eigenvalue weighted by Gasteiger charge is 2.36. The molecule has 0 saturated carbocycles. The molecule has 4 heterocycles. The molecule has 1 aliphatic rings. The van der Waals surface area contributed by atoms with Crippen LogP contribution in [-0.4, -0.2) is 46.2 Å². The van der Waals surface area contributed by atoms with Crippen molar-refractivity contribution in [2.24, 2.45) is 5.92 Å². The average molecular weight is 404 g/mol. The van der Waals surface area contributed by atoms with Gasteiger partial charge in [0.25, 0.3) is 0 Å². The molecule has 0 unspecified atom stereocenters. The number of likely N-dealkylation sites (tertiary alicyclic amines) is 1. The van der Waals surface area contributed by atoms with E-state index >= 15 is 0 Å². The number of piperidine rings is 1. The molecule has 0 radical (unpaired) electrons. The standard InChI is InChI=1S/C21H23F3N4O/c1-29-14-15-4-8-27(9-5-15)13-16-11-17-6-10-28(20(17)26-12-16)18-3-2-7-25-19(18)21(22,23)24/h2-3,6-7,10-12,15H,4-5,8-9,13-14H2,1H3. The van der Waals surface area contributed by atoms with Crippen molar-refractivity contribution < 1.29 is 17.9 Å². The molecule has 1 saturated heterocycles. The highest BCUT2D eigenvalue weighted by Crippen LogP contribution is 2.33. The van der Waals surface area contributed by atoms with Crippen molar-refractivity contribution in [3.8, 4) is 5.69 Å². The third kappa shape index (κ3) is 4.28. The molecule has 154 valence electrons. The molecule has 8 heteroatoms. The summed E-state index contributed by atoms with van der Waals surface area (Å²) >= 11 is 0. The Morgan fingerprint density at radius 3 is 2.69 bits per heavy atom. The average Bonchev–Trinajstić information content (AvgIpc) is 3.12. The Kier molecular flexibility index (Phi) is 5.56. The van der Waals surface area contributed by atoms with Crippen molar-refractivity contribution in [2.75, 3.05) is 26.8 Å². The smallest absolute Gasteiger partial charge is 0.384 e. The zero-order valence-corrected chi connectivity index (χ0v) is 16.2. The fourth-order valence-electron chi connectivity index (χ4n) is 3.97. The summed E-state index contributed by atoms with van der Waals surface area (Å²) in [5, 5.41) is 0.814. The number of hydrogen-bond donors (Lipinski definition) is 0. The zero-order chi connectivity index (χ0) is 20.4. The minimum atomic E-state index is -4.53. The fourth-order valence-corrected chi connectivity index (χ4v) is 3.97. The molecule has 29 heavy (non-hydrogen) atoms. The van der Waals surface area contributed by atoms with Crippen molar-refractivity contribution in [3.05, 3.63) is 54.1 Å². The molecule has 4 rings (SSSR count). The number of aromatic nitrogens is 3. The quantitative estimate of drug-likeness (QED) is 0.636. The number of fused-ring (bicyclic) bond motifs is 1. The van der Waals surface area contributed by atoms with Crippen LogP contribution in [-0.2, 0) is 17.5 Å². The van der Waals surface area contributed by atoms with E-state index < -0.39 is 11.9 Å². The summed E-state index contributed by atoms with van der Waals surface area (Å²) < 4.78 is 46.7. The van der Waals surface area contributed by atoms with E-state index in [4.69, 9.17) is 4.74 Å². The molecule has 1 aliphatic heterocycles. The number of nitrogens with zero attached hydrogens (tertiary/aromatic N) is 4. The minimum absolute atomic E-state index is 0.0181. The first-order chi connectivity index (χ1) is 14.0.